The van der Waals surface area contributed by atoms with Crippen molar-refractivity contribution in [3.8, 4) is 0 Å². The maximum atomic E-state index is 12.4. The molecule has 1 fully saturated rings. The second kappa shape index (κ2) is 11.2. The van der Waals surface area contributed by atoms with E-state index in [1.165, 1.54) is 5.69 Å². The number of anilines is 2. The van der Waals surface area contributed by atoms with Gasteiger partial charge in [0.15, 0.2) is 0 Å². The summed E-state index contributed by atoms with van der Waals surface area (Å²) in [5.74, 6) is 0.460. The van der Waals surface area contributed by atoms with Gasteiger partial charge in [0.1, 0.15) is 0 Å². The van der Waals surface area contributed by atoms with Crippen molar-refractivity contribution in [2.24, 2.45) is 5.92 Å². The molecule has 2 N–H and O–H groups in total. The molecular formula is C24H32N4O2. The Kier molecular flexibility index (Phi) is 8.12. The number of nitrogens with zero attached hydrogens (tertiary/aromatic N) is 2. The first-order valence-electron chi connectivity index (χ1n) is 10.8. The zero-order valence-corrected chi connectivity index (χ0v) is 17.7. The van der Waals surface area contributed by atoms with Crippen molar-refractivity contribution in [3.63, 3.8) is 0 Å². The van der Waals surface area contributed by atoms with Crippen LogP contribution in [0.4, 0.5) is 16.2 Å². The van der Waals surface area contributed by atoms with Crippen molar-refractivity contribution in [3.05, 3.63) is 60.7 Å². The van der Waals surface area contributed by atoms with Crippen LogP contribution in [0.1, 0.15) is 25.7 Å². The Balaban J connectivity index is 1.29. The molecule has 1 heterocycles. The Morgan fingerprint density at radius 2 is 1.63 bits per heavy atom. The fourth-order valence-corrected chi connectivity index (χ4v) is 3.75. The number of nitrogens with one attached hydrogen (secondary N) is 2. The van der Waals surface area contributed by atoms with Gasteiger partial charge in [0.25, 0.3) is 0 Å². The Morgan fingerprint density at radius 1 is 1.00 bits per heavy atom. The van der Waals surface area contributed by atoms with Gasteiger partial charge in [0, 0.05) is 51.0 Å². The summed E-state index contributed by atoms with van der Waals surface area (Å²) >= 11 is 0. The molecule has 0 aliphatic carbocycles. The largest absolute Gasteiger partial charge is 0.375 e. The van der Waals surface area contributed by atoms with Crippen LogP contribution in [0.5, 0.6) is 0 Å². The number of carbonyl (C=O) groups is 2. The fraction of sp³-hybridized carbons (Fsp3) is 0.417. The first kappa shape index (κ1) is 21.7. The maximum Gasteiger partial charge on any atom is 0.321 e. The van der Waals surface area contributed by atoms with Crippen molar-refractivity contribution >= 4 is 23.3 Å². The summed E-state index contributed by atoms with van der Waals surface area (Å²) in [4.78, 5) is 28.7. The van der Waals surface area contributed by atoms with Crippen LogP contribution in [0.15, 0.2) is 60.7 Å². The minimum absolute atomic E-state index is 0.0633. The van der Waals surface area contributed by atoms with E-state index in [-0.39, 0.29) is 11.9 Å². The standard InChI is InChI=1S/C24H32N4O2/c1-27(22-11-6-3-7-12-22)16-8-15-25-23(29)19-20-13-17-28(18-14-20)24(30)26-21-9-4-2-5-10-21/h2-7,9-12,20H,8,13-19H2,1H3,(H,25,29)(H,26,30). The molecule has 1 saturated heterocycles. The highest BCUT2D eigenvalue weighted by Crippen LogP contribution is 2.21. The minimum atomic E-state index is -0.0633. The highest BCUT2D eigenvalue weighted by atomic mass is 16.2. The van der Waals surface area contributed by atoms with Crippen molar-refractivity contribution in [2.45, 2.75) is 25.7 Å². The van der Waals surface area contributed by atoms with Crippen LogP contribution < -0.4 is 15.5 Å². The van der Waals surface area contributed by atoms with E-state index in [2.05, 4.69) is 34.7 Å². The molecule has 2 aromatic rings. The summed E-state index contributed by atoms with van der Waals surface area (Å²) < 4.78 is 0. The highest BCUT2D eigenvalue weighted by Gasteiger charge is 2.24. The van der Waals surface area contributed by atoms with E-state index < -0.39 is 0 Å². The molecule has 1 aliphatic heterocycles. The van der Waals surface area contributed by atoms with Crippen LogP contribution >= 0.6 is 0 Å². The van der Waals surface area contributed by atoms with Gasteiger partial charge in [-0.25, -0.2) is 4.79 Å². The Hall–Kier alpha value is -3.02. The Bertz CT molecular complexity index is 789. The molecule has 0 saturated carbocycles. The zero-order chi connectivity index (χ0) is 21.2. The quantitative estimate of drug-likeness (QED) is 0.650. The lowest BCUT2D eigenvalue weighted by Crippen LogP contribution is -2.42. The Labute approximate surface area is 179 Å². The smallest absolute Gasteiger partial charge is 0.321 e. The van der Waals surface area contributed by atoms with Crippen LogP contribution in [-0.2, 0) is 4.79 Å². The predicted molar refractivity (Wildman–Crippen MR) is 122 cm³/mol. The molecule has 2 aromatic carbocycles. The molecule has 0 spiro atoms. The molecule has 0 radical (unpaired) electrons. The third kappa shape index (κ3) is 6.79. The van der Waals surface area contributed by atoms with Crippen molar-refractivity contribution in [1.29, 1.82) is 0 Å². The van der Waals surface area contributed by atoms with E-state index in [9.17, 15) is 9.59 Å². The number of hydrogen-bond acceptors (Lipinski definition) is 3. The molecule has 6 heteroatoms. The topological polar surface area (TPSA) is 64.7 Å². The SMILES string of the molecule is CN(CCCNC(=O)CC1CCN(C(=O)Nc2ccccc2)CC1)c1ccccc1. The van der Waals surface area contributed by atoms with E-state index >= 15 is 0 Å². The monoisotopic (exact) mass is 408 g/mol. The van der Waals surface area contributed by atoms with Crippen LogP contribution in [0, 0.1) is 5.92 Å². The first-order chi connectivity index (χ1) is 14.6. The number of carbonyl (C=O) groups excluding carboxylic acids is 2. The van der Waals surface area contributed by atoms with Gasteiger partial charge in [0.05, 0.1) is 0 Å². The number of amides is 3. The van der Waals surface area contributed by atoms with Crippen LogP contribution in [0.3, 0.4) is 0 Å². The zero-order valence-electron chi connectivity index (χ0n) is 17.7. The van der Waals surface area contributed by atoms with Crippen molar-refractivity contribution in [2.75, 3.05) is 43.4 Å². The molecule has 1 aliphatic rings. The molecule has 3 rings (SSSR count). The van der Waals surface area contributed by atoms with Crippen LogP contribution in [-0.4, -0.2) is 50.1 Å². The van der Waals surface area contributed by atoms with Crippen molar-refractivity contribution < 1.29 is 9.59 Å². The molecular weight excluding hydrogens is 376 g/mol. The van der Waals surface area contributed by atoms with E-state index in [4.69, 9.17) is 0 Å². The Morgan fingerprint density at radius 3 is 2.30 bits per heavy atom. The molecule has 30 heavy (non-hydrogen) atoms. The van der Waals surface area contributed by atoms with Gasteiger partial charge in [-0.1, -0.05) is 36.4 Å². The van der Waals surface area contributed by atoms with Gasteiger partial charge in [-0.3, -0.25) is 4.79 Å². The van der Waals surface area contributed by atoms with E-state index in [1.54, 1.807) is 0 Å². The summed E-state index contributed by atoms with van der Waals surface area (Å²) in [5.41, 5.74) is 1.99. The lowest BCUT2D eigenvalue weighted by Gasteiger charge is -2.31. The lowest BCUT2D eigenvalue weighted by molar-refractivity contribution is -0.122. The molecule has 0 bridgehead atoms. The van der Waals surface area contributed by atoms with Gasteiger partial charge < -0.3 is 20.4 Å². The average molecular weight is 409 g/mol. The number of benzene rings is 2. The van der Waals surface area contributed by atoms with Crippen LogP contribution in [0.2, 0.25) is 0 Å². The molecule has 0 aromatic heterocycles. The minimum Gasteiger partial charge on any atom is -0.375 e. The van der Waals surface area contributed by atoms with Gasteiger partial charge in [-0.15, -0.1) is 0 Å². The third-order valence-electron chi connectivity index (χ3n) is 5.59. The van der Waals surface area contributed by atoms with Gasteiger partial charge in [0.2, 0.25) is 5.91 Å². The second-order valence-corrected chi connectivity index (χ2v) is 7.89. The normalized spacial score (nSPS) is 14.2. The second-order valence-electron chi connectivity index (χ2n) is 7.89. The maximum absolute atomic E-state index is 12.4. The van der Waals surface area contributed by atoms with E-state index in [1.807, 2.05) is 53.4 Å². The third-order valence-corrected chi connectivity index (χ3v) is 5.59. The van der Waals surface area contributed by atoms with Crippen molar-refractivity contribution in [1.82, 2.24) is 10.2 Å². The average Bonchev–Trinajstić information content (AvgIpc) is 2.78. The summed E-state index contributed by atoms with van der Waals surface area (Å²) in [7, 11) is 2.07. The number of para-hydroxylation sites is 2. The van der Waals surface area contributed by atoms with E-state index in [0.717, 1.165) is 31.5 Å². The fourth-order valence-electron chi connectivity index (χ4n) is 3.75. The summed E-state index contributed by atoms with van der Waals surface area (Å²) in [5, 5.41) is 5.97. The predicted octanol–water partition coefficient (Wildman–Crippen LogP) is 3.96. The summed E-state index contributed by atoms with van der Waals surface area (Å²) in [6.45, 7) is 2.98. The molecule has 160 valence electrons. The summed E-state index contributed by atoms with van der Waals surface area (Å²) in [6.07, 6.45) is 3.19. The number of piperidine rings is 1. The highest BCUT2D eigenvalue weighted by molar-refractivity contribution is 5.89. The number of rotatable bonds is 8. The van der Waals surface area contributed by atoms with Gasteiger partial charge in [-0.05, 0) is 49.4 Å². The molecule has 0 unspecified atom stereocenters. The lowest BCUT2D eigenvalue weighted by atomic mass is 9.93. The van der Waals surface area contributed by atoms with E-state index in [0.29, 0.717) is 32.0 Å². The van der Waals surface area contributed by atoms with Crippen LogP contribution in [0.25, 0.3) is 0 Å². The van der Waals surface area contributed by atoms with Gasteiger partial charge in [-0.2, -0.15) is 0 Å². The summed E-state index contributed by atoms with van der Waals surface area (Å²) in [6, 6.07) is 19.7. The molecule has 0 atom stereocenters. The number of hydrogen-bond donors (Lipinski definition) is 2. The number of urea groups is 1. The first-order valence-corrected chi connectivity index (χ1v) is 10.8. The molecule has 6 nitrogen and oxygen atoms in total. The molecule has 3 amide bonds. The number of likely N-dealkylation sites (tertiary alicyclic amines) is 1. The van der Waals surface area contributed by atoms with Gasteiger partial charge >= 0.3 is 6.03 Å².